The lowest BCUT2D eigenvalue weighted by Crippen LogP contribution is -2.16. The molecule has 1 rings (SSSR count). The quantitative estimate of drug-likeness (QED) is 0.682. The van der Waals surface area contributed by atoms with Crippen LogP contribution in [-0.4, -0.2) is 16.7 Å². The summed E-state index contributed by atoms with van der Waals surface area (Å²) in [6.07, 6.45) is 4.04. The maximum atomic E-state index is 11.6. The van der Waals surface area contributed by atoms with Gasteiger partial charge in [0.1, 0.15) is 5.75 Å². The Morgan fingerprint density at radius 2 is 1.84 bits per heavy atom. The van der Waals surface area contributed by atoms with Crippen molar-refractivity contribution >= 4 is 46.7 Å². The summed E-state index contributed by atoms with van der Waals surface area (Å²) in [4.78, 5) is 11.6. The normalized spacial score (nSPS) is 12.7. The van der Waals surface area contributed by atoms with Crippen LogP contribution in [-0.2, 0) is 4.79 Å². The average Bonchev–Trinajstić information content (AvgIpc) is 2.35. The summed E-state index contributed by atoms with van der Waals surface area (Å²) in [6, 6.07) is 7.20. The summed E-state index contributed by atoms with van der Waals surface area (Å²) < 4.78 is 3.25. The van der Waals surface area contributed by atoms with E-state index in [1.165, 1.54) is 6.08 Å². The first-order chi connectivity index (χ1) is 8.82. The number of carbonyl (C=O) groups excluding carboxylic acids is 1. The van der Waals surface area contributed by atoms with Crippen molar-refractivity contribution in [1.29, 1.82) is 0 Å². The molecule has 3 nitrogen and oxygen atoms in total. The predicted molar refractivity (Wildman–Crippen MR) is 79.6 cm³/mol. The van der Waals surface area contributed by atoms with E-state index >= 15 is 0 Å². The van der Waals surface area contributed by atoms with Crippen molar-refractivity contribution in [2.45, 2.75) is 3.79 Å². The molecule has 0 amide bonds. The third kappa shape index (κ3) is 5.55. The Bertz CT molecular complexity index is 502. The van der Waals surface area contributed by atoms with Crippen LogP contribution in [0.1, 0.15) is 5.56 Å². The second kappa shape index (κ2) is 6.85. The Balaban J connectivity index is 2.73. The highest BCUT2D eigenvalue weighted by Crippen LogP contribution is 2.31. The van der Waals surface area contributed by atoms with Gasteiger partial charge in [-0.3, -0.25) is 4.79 Å². The van der Waals surface area contributed by atoms with E-state index in [-0.39, 0.29) is 11.5 Å². The molecule has 0 aliphatic rings. The maximum Gasteiger partial charge on any atom is 0.230 e. The molecule has 0 bridgehead atoms. The van der Waals surface area contributed by atoms with E-state index in [0.717, 1.165) is 17.4 Å². The van der Waals surface area contributed by atoms with Crippen LogP contribution in [0.3, 0.4) is 0 Å². The van der Waals surface area contributed by atoms with E-state index < -0.39 is 3.79 Å². The van der Waals surface area contributed by atoms with Gasteiger partial charge in [-0.25, -0.2) is 0 Å². The first-order valence-electron chi connectivity index (χ1n) is 5.23. The van der Waals surface area contributed by atoms with Gasteiger partial charge in [-0.05, 0) is 23.8 Å². The second-order valence-electron chi connectivity index (χ2n) is 3.61. The predicted octanol–water partition coefficient (Wildman–Crippen LogP) is 3.49. The number of ketones is 1. The molecule has 6 heteroatoms. The smallest absolute Gasteiger partial charge is 0.230 e. The first kappa shape index (κ1) is 15.9. The fraction of sp³-hybridized carbons (Fsp3) is 0.154. The van der Waals surface area contributed by atoms with E-state index in [2.05, 4.69) is 0 Å². The van der Waals surface area contributed by atoms with Gasteiger partial charge >= 0.3 is 0 Å². The van der Waals surface area contributed by atoms with Crippen LogP contribution in [0.5, 0.6) is 5.75 Å². The monoisotopic (exact) mass is 319 g/mol. The van der Waals surface area contributed by atoms with E-state index in [1.807, 2.05) is 12.1 Å². The minimum atomic E-state index is -1.77. The van der Waals surface area contributed by atoms with Crippen LogP contribution in [0.25, 0.3) is 6.08 Å². The largest absolute Gasteiger partial charge is 0.497 e. The lowest BCUT2D eigenvalue weighted by Gasteiger charge is -2.09. The van der Waals surface area contributed by atoms with Crippen LogP contribution < -0.4 is 10.5 Å². The Labute approximate surface area is 126 Å². The summed E-state index contributed by atoms with van der Waals surface area (Å²) in [7, 11) is 1.58. The number of alkyl halides is 3. The number of halogens is 3. The zero-order valence-electron chi connectivity index (χ0n) is 10.1. The number of ether oxygens (including phenoxy) is 1. The third-order valence-electron chi connectivity index (χ3n) is 2.18. The zero-order valence-corrected chi connectivity index (χ0v) is 12.3. The van der Waals surface area contributed by atoms with Crippen LogP contribution >= 0.6 is 34.8 Å². The minimum Gasteiger partial charge on any atom is -0.497 e. The molecule has 2 N–H and O–H groups in total. The van der Waals surface area contributed by atoms with Crippen molar-refractivity contribution in [2.24, 2.45) is 5.73 Å². The van der Waals surface area contributed by atoms with Crippen LogP contribution in [0.2, 0.25) is 0 Å². The number of rotatable bonds is 4. The zero-order chi connectivity index (χ0) is 14.5. The van der Waals surface area contributed by atoms with Crippen molar-refractivity contribution in [1.82, 2.24) is 0 Å². The minimum absolute atomic E-state index is 0.123. The van der Waals surface area contributed by atoms with E-state index in [0.29, 0.717) is 0 Å². The first-order valence-corrected chi connectivity index (χ1v) is 6.37. The number of nitrogens with two attached hydrogens (primary N) is 1. The molecule has 0 fully saturated rings. The number of hydrogen-bond acceptors (Lipinski definition) is 3. The highest BCUT2D eigenvalue weighted by molar-refractivity contribution is 6.69. The lowest BCUT2D eigenvalue weighted by molar-refractivity contribution is -0.110. The summed E-state index contributed by atoms with van der Waals surface area (Å²) in [6.45, 7) is 0. The molecule has 0 radical (unpaired) electrons. The molecule has 19 heavy (non-hydrogen) atoms. The van der Waals surface area contributed by atoms with Crippen LogP contribution in [0, 0.1) is 0 Å². The van der Waals surface area contributed by atoms with Crippen LogP contribution in [0.15, 0.2) is 42.1 Å². The van der Waals surface area contributed by atoms with Gasteiger partial charge in [0.25, 0.3) is 0 Å². The molecule has 0 aromatic heterocycles. The molecule has 102 valence electrons. The Morgan fingerprint density at radius 1 is 1.26 bits per heavy atom. The van der Waals surface area contributed by atoms with E-state index in [9.17, 15) is 4.79 Å². The molecule has 0 unspecified atom stereocenters. The molecule has 1 aromatic carbocycles. The van der Waals surface area contributed by atoms with Gasteiger partial charge in [0.05, 0.1) is 12.8 Å². The van der Waals surface area contributed by atoms with E-state index in [1.54, 1.807) is 25.3 Å². The highest BCUT2D eigenvalue weighted by Gasteiger charge is 2.23. The number of methoxy groups -OCH3 is 1. The second-order valence-corrected chi connectivity index (χ2v) is 5.89. The van der Waals surface area contributed by atoms with Gasteiger partial charge < -0.3 is 10.5 Å². The number of allylic oxidation sites excluding steroid dienone is 3. The molecule has 1 aromatic rings. The third-order valence-corrected chi connectivity index (χ3v) is 2.84. The molecule has 0 saturated heterocycles. The molecular weight excluding hydrogens is 309 g/mol. The van der Waals surface area contributed by atoms with Crippen molar-refractivity contribution in [3.63, 3.8) is 0 Å². The SMILES string of the molecule is COc1ccc(/C=C/C(=O)/C=C(\N)C(Cl)(Cl)Cl)cc1. The van der Waals surface area contributed by atoms with Gasteiger partial charge in [-0.1, -0.05) is 53.0 Å². The molecule has 0 spiro atoms. The number of carbonyl (C=O) groups is 1. The van der Waals surface area contributed by atoms with Crippen molar-refractivity contribution in [3.8, 4) is 5.75 Å². The standard InChI is InChI=1S/C13H12Cl3NO2/c1-19-11-6-3-9(4-7-11)2-5-10(18)8-12(17)13(14,15)16/h2-8H,17H2,1H3/b5-2+,12-8-. The Kier molecular flexibility index (Phi) is 5.73. The molecule has 0 heterocycles. The molecular formula is C13H12Cl3NO2. The van der Waals surface area contributed by atoms with Crippen molar-refractivity contribution in [2.75, 3.05) is 7.11 Å². The van der Waals surface area contributed by atoms with Crippen molar-refractivity contribution < 1.29 is 9.53 Å². The number of benzene rings is 1. The van der Waals surface area contributed by atoms with Crippen molar-refractivity contribution in [3.05, 3.63) is 47.7 Å². The molecule has 0 aliphatic heterocycles. The van der Waals surface area contributed by atoms with Gasteiger partial charge in [-0.15, -0.1) is 0 Å². The lowest BCUT2D eigenvalue weighted by atomic mass is 10.2. The summed E-state index contributed by atoms with van der Waals surface area (Å²) in [5.74, 6) is 0.378. The highest BCUT2D eigenvalue weighted by atomic mass is 35.6. The average molecular weight is 321 g/mol. The Hall–Kier alpha value is -1.16. The van der Waals surface area contributed by atoms with E-state index in [4.69, 9.17) is 45.3 Å². The summed E-state index contributed by atoms with van der Waals surface area (Å²) >= 11 is 16.6. The molecule has 0 saturated carbocycles. The van der Waals surface area contributed by atoms with Crippen LogP contribution in [0.4, 0.5) is 0 Å². The fourth-order valence-electron chi connectivity index (χ4n) is 1.18. The van der Waals surface area contributed by atoms with Gasteiger partial charge in [-0.2, -0.15) is 0 Å². The maximum absolute atomic E-state index is 11.6. The summed E-state index contributed by atoms with van der Waals surface area (Å²) in [5.41, 5.74) is 6.17. The van der Waals surface area contributed by atoms with Gasteiger partial charge in [0.2, 0.25) is 3.79 Å². The molecule has 0 atom stereocenters. The van der Waals surface area contributed by atoms with Gasteiger partial charge in [0.15, 0.2) is 5.78 Å². The van der Waals surface area contributed by atoms with Gasteiger partial charge in [0, 0.05) is 6.08 Å². The number of hydrogen-bond donors (Lipinski definition) is 1. The topological polar surface area (TPSA) is 52.3 Å². The fourth-order valence-corrected chi connectivity index (χ4v) is 1.34. The summed E-state index contributed by atoms with van der Waals surface area (Å²) in [5, 5.41) is 0. The molecule has 0 aliphatic carbocycles. The Morgan fingerprint density at radius 3 is 2.32 bits per heavy atom.